The summed E-state index contributed by atoms with van der Waals surface area (Å²) in [5.74, 6) is 0. The van der Waals surface area contributed by atoms with Gasteiger partial charge < -0.3 is 9.73 Å². The first-order valence-electron chi connectivity index (χ1n) is 5.92. The fourth-order valence-electron chi connectivity index (χ4n) is 3.49. The topological polar surface area (TPSA) is 25.2 Å². The number of fused-ring (bicyclic) bond motifs is 2. The second-order valence-electron chi connectivity index (χ2n) is 5.70. The molecule has 1 unspecified atom stereocenters. The first-order valence-corrected chi connectivity index (χ1v) is 5.92. The van der Waals surface area contributed by atoms with E-state index < -0.39 is 0 Å². The van der Waals surface area contributed by atoms with Crippen LogP contribution in [0, 0.1) is 5.41 Å². The van der Waals surface area contributed by atoms with E-state index in [-0.39, 0.29) is 0 Å². The highest BCUT2D eigenvalue weighted by Gasteiger charge is 2.51. The zero-order valence-electron chi connectivity index (χ0n) is 9.60. The third-order valence-electron chi connectivity index (χ3n) is 4.73. The average Bonchev–Trinajstić information content (AvgIpc) is 2.83. The standard InChI is InChI=1S/C13H19NO/c1-12(2)4-3-10-7-15-8-11(10)13(12)5-6-14-9-13/h7-8,14H,3-6,9H2,1-2H3. The summed E-state index contributed by atoms with van der Waals surface area (Å²) in [4.78, 5) is 0. The third-order valence-corrected chi connectivity index (χ3v) is 4.73. The Labute approximate surface area is 91.0 Å². The molecule has 2 aliphatic rings. The smallest absolute Gasteiger partial charge is 0.0943 e. The monoisotopic (exact) mass is 205 g/mol. The highest BCUT2D eigenvalue weighted by Crippen LogP contribution is 2.53. The Balaban J connectivity index is 2.16. The molecule has 1 fully saturated rings. The summed E-state index contributed by atoms with van der Waals surface area (Å²) in [6.45, 7) is 7.09. The van der Waals surface area contributed by atoms with Gasteiger partial charge in [-0.05, 0) is 36.8 Å². The van der Waals surface area contributed by atoms with Crippen LogP contribution in [0.5, 0.6) is 0 Å². The van der Waals surface area contributed by atoms with Crippen LogP contribution in [0.25, 0.3) is 0 Å². The molecular weight excluding hydrogens is 186 g/mol. The maximum absolute atomic E-state index is 5.42. The van der Waals surface area contributed by atoms with Crippen molar-refractivity contribution in [3.05, 3.63) is 23.7 Å². The van der Waals surface area contributed by atoms with Gasteiger partial charge in [-0.3, -0.25) is 0 Å². The van der Waals surface area contributed by atoms with Crippen molar-refractivity contribution < 1.29 is 4.42 Å². The molecule has 1 aliphatic carbocycles. The molecule has 2 heterocycles. The summed E-state index contributed by atoms with van der Waals surface area (Å²) in [6, 6.07) is 0. The average molecular weight is 205 g/mol. The molecule has 1 spiro atoms. The van der Waals surface area contributed by atoms with Gasteiger partial charge in [-0.15, -0.1) is 0 Å². The molecule has 0 amide bonds. The highest BCUT2D eigenvalue weighted by molar-refractivity contribution is 5.37. The molecule has 15 heavy (non-hydrogen) atoms. The van der Waals surface area contributed by atoms with E-state index in [2.05, 4.69) is 19.2 Å². The van der Waals surface area contributed by atoms with Crippen LogP contribution in [-0.4, -0.2) is 13.1 Å². The van der Waals surface area contributed by atoms with Gasteiger partial charge in [0.15, 0.2) is 0 Å². The Hall–Kier alpha value is -0.760. The predicted molar refractivity (Wildman–Crippen MR) is 60.0 cm³/mol. The SMILES string of the molecule is CC1(C)CCc2cocc2C12CCNC2. The van der Waals surface area contributed by atoms with E-state index in [1.807, 2.05) is 12.5 Å². The van der Waals surface area contributed by atoms with Crippen LogP contribution in [0.3, 0.4) is 0 Å². The summed E-state index contributed by atoms with van der Waals surface area (Å²) >= 11 is 0. The fourth-order valence-corrected chi connectivity index (χ4v) is 3.49. The van der Waals surface area contributed by atoms with Gasteiger partial charge in [0.25, 0.3) is 0 Å². The first kappa shape index (κ1) is 9.46. The zero-order chi connectivity index (χ0) is 10.5. The molecule has 1 aromatic rings. The van der Waals surface area contributed by atoms with Crippen molar-refractivity contribution in [2.24, 2.45) is 5.41 Å². The second kappa shape index (κ2) is 2.88. The van der Waals surface area contributed by atoms with Gasteiger partial charge in [-0.1, -0.05) is 13.8 Å². The number of hydrogen-bond acceptors (Lipinski definition) is 2. The van der Waals surface area contributed by atoms with Crippen molar-refractivity contribution in [2.45, 2.75) is 38.5 Å². The van der Waals surface area contributed by atoms with Gasteiger partial charge in [0.1, 0.15) is 0 Å². The van der Waals surface area contributed by atoms with Gasteiger partial charge in [-0.25, -0.2) is 0 Å². The molecule has 1 N–H and O–H groups in total. The summed E-state index contributed by atoms with van der Waals surface area (Å²) in [7, 11) is 0. The molecular formula is C13H19NO. The van der Waals surface area contributed by atoms with Crippen LogP contribution in [0.2, 0.25) is 0 Å². The third kappa shape index (κ3) is 1.09. The summed E-state index contributed by atoms with van der Waals surface area (Å²) in [6.07, 6.45) is 7.65. The van der Waals surface area contributed by atoms with Crippen molar-refractivity contribution in [3.8, 4) is 0 Å². The van der Waals surface area contributed by atoms with E-state index in [0.717, 1.165) is 13.1 Å². The minimum Gasteiger partial charge on any atom is -0.472 e. The molecule has 0 aromatic carbocycles. The summed E-state index contributed by atoms with van der Waals surface area (Å²) < 4.78 is 5.42. The minimum atomic E-state index is 0.327. The number of rotatable bonds is 0. The Bertz CT molecular complexity index is 372. The molecule has 1 atom stereocenters. The summed E-state index contributed by atoms with van der Waals surface area (Å²) in [5.41, 5.74) is 3.64. The molecule has 1 aliphatic heterocycles. The Morgan fingerprint density at radius 3 is 2.87 bits per heavy atom. The number of furan rings is 1. The molecule has 82 valence electrons. The Kier molecular flexibility index (Phi) is 1.82. The van der Waals surface area contributed by atoms with Gasteiger partial charge in [0.2, 0.25) is 0 Å². The van der Waals surface area contributed by atoms with E-state index in [0.29, 0.717) is 10.8 Å². The van der Waals surface area contributed by atoms with Crippen LogP contribution in [0.1, 0.15) is 37.8 Å². The minimum absolute atomic E-state index is 0.327. The lowest BCUT2D eigenvalue weighted by molar-refractivity contribution is 0.147. The van der Waals surface area contributed by atoms with E-state index in [1.165, 1.54) is 30.4 Å². The second-order valence-corrected chi connectivity index (χ2v) is 5.70. The Morgan fingerprint density at radius 2 is 2.13 bits per heavy atom. The molecule has 2 heteroatoms. The van der Waals surface area contributed by atoms with Crippen LogP contribution < -0.4 is 5.32 Å². The fraction of sp³-hybridized carbons (Fsp3) is 0.692. The number of hydrogen-bond donors (Lipinski definition) is 1. The normalized spacial score (nSPS) is 33.2. The molecule has 0 bridgehead atoms. The zero-order valence-corrected chi connectivity index (χ0v) is 9.60. The van der Waals surface area contributed by atoms with Gasteiger partial charge in [-0.2, -0.15) is 0 Å². The number of nitrogens with one attached hydrogen (secondary N) is 1. The van der Waals surface area contributed by atoms with Gasteiger partial charge >= 0.3 is 0 Å². The lowest BCUT2D eigenvalue weighted by atomic mass is 9.56. The molecule has 1 aromatic heterocycles. The van der Waals surface area contributed by atoms with Crippen LogP contribution in [-0.2, 0) is 11.8 Å². The first-order chi connectivity index (χ1) is 7.16. The predicted octanol–water partition coefficient (Wildman–Crippen LogP) is 2.48. The maximum atomic E-state index is 5.42. The van der Waals surface area contributed by atoms with Crippen LogP contribution in [0.15, 0.2) is 16.9 Å². The molecule has 2 nitrogen and oxygen atoms in total. The van der Waals surface area contributed by atoms with Gasteiger partial charge in [0.05, 0.1) is 12.5 Å². The molecule has 1 saturated heterocycles. The van der Waals surface area contributed by atoms with E-state index in [1.54, 1.807) is 0 Å². The maximum Gasteiger partial charge on any atom is 0.0943 e. The largest absolute Gasteiger partial charge is 0.472 e. The molecule has 3 rings (SSSR count). The van der Waals surface area contributed by atoms with Crippen molar-refractivity contribution in [2.75, 3.05) is 13.1 Å². The molecule has 0 saturated carbocycles. The Morgan fingerprint density at radius 1 is 1.27 bits per heavy atom. The summed E-state index contributed by atoms with van der Waals surface area (Å²) in [5, 5.41) is 3.53. The van der Waals surface area contributed by atoms with E-state index in [9.17, 15) is 0 Å². The van der Waals surface area contributed by atoms with Crippen LogP contribution in [0.4, 0.5) is 0 Å². The number of aryl methyl sites for hydroxylation is 1. The molecule has 0 radical (unpaired) electrons. The highest BCUT2D eigenvalue weighted by atomic mass is 16.3. The van der Waals surface area contributed by atoms with E-state index in [4.69, 9.17) is 4.42 Å². The van der Waals surface area contributed by atoms with Crippen molar-refractivity contribution in [1.82, 2.24) is 5.32 Å². The van der Waals surface area contributed by atoms with Gasteiger partial charge in [0, 0.05) is 17.5 Å². The quantitative estimate of drug-likeness (QED) is 0.704. The lowest BCUT2D eigenvalue weighted by Gasteiger charge is -2.47. The van der Waals surface area contributed by atoms with E-state index >= 15 is 0 Å². The van der Waals surface area contributed by atoms with Crippen molar-refractivity contribution in [1.29, 1.82) is 0 Å². The van der Waals surface area contributed by atoms with Crippen molar-refractivity contribution in [3.63, 3.8) is 0 Å². The van der Waals surface area contributed by atoms with Crippen LogP contribution >= 0.6 is 0 Å². The van der Waals surface area contributed by atoms with Crippen molar-refractivity contribution >= 4 is 0 Å². The lowest BCUT2D eigenvalue weighted by Crippen LogP contribution is -2.46.